The molecule has 1 aliphatic heterocycles. The van der Waals surface area contributed by atoms with Crippen LogP contribution in [0.1, 0.15) is 30.5 Å². The first-order valence-corrected chi connectivity index (χ1v) is 10.4. The zero-order chi connectivity index (χ0) is 21.8. The van der Waals surface area contributed by atoms with E-state index in [9.17, 15) is 4.79 Å². The third-order valence-electron chi connectivity index (χ3n) is 6.17. The van der Waals surface area contributed by atoms with E-state index >= 15 is 0 Å². The molecule has 1 N–H and O–H groups in total. The second-order valence-corrected chi connectivity index (χ2v) is 8.70. The number of ether oxygens (including phenoxy) is 1. The number of methoxy groups -OCH3 is 1. The molecule has 0 saturated heterocycles. The maximum Gasteiger partial charge on any atom is 0.237 e. The molecule has 0 fully saturated rings. The van der Waals surface area contributed by atoms with Crippen LogP contribution in [0.4, 0.5) is 5.69 Å². The van der Waals surface area contributed by atoms with Crippen LogP contribution in [0.5, 0.6) is 5.75 Å². The predicted molar refractivity (Wildman–Crippen MR) is 123 cm³/mol. The van der Waals surface area contributed by atoms with Gasteiger partial charge in [-0.2, -0.15) is 0 Å². The molecule has 31 heavy (non-hydrogen) atoms. The van der Waals surface area contributed by atoms with Crippen LogP contribution in [0.3, 0.4) is 0 Å². The first-order valence-electron chi connectivity index (χ1n) is 10.4. The van der Waals surface area contributed by atoms with E-state index in [1.54, 1.807) is 7.11 Å². The van der Waals surface area contributed by atoms with Gasteiger partial charge in [0.15, 0.2) is 0 Å². The number of aromatic nitrogens is 2. The van der Waals surface area contributed by atoms with Gasteiger partial charge in [0.25, 0.3) is 0 Å². The number of hydrogen-bond donors (Lipinski definition) is 1. The molecule has 5 nitrogen and oxygen atoms in total. The molecular weight excluding hydrogens is 386 g/mol. The fraction of sp³-hybridized carbons (Fsp3) is 0.231. The predicted octanol–water partition coefficient (Wildman–Crippen LogP) is 5.37. The summed E-state index contributed by atoms with van der Waals surface area (Å²) in [6.45, 7) is 6.61. The SMILES string of the molecule is COc1ccc(-c2nc3cc4c(cc3[nH]2)C(C)(C)C(=O)N4Cc2ccc(C)cc2)cc1. The van der Waals surface area contributed by atoms with Crippen LogP contribution in [0, 0.1) is 6.92 Å². The Morgan fingerprint density at radius 2 is 1.74 bits per heavy atom. The summed E-state index contributed by atoms with van der Waals surface area (Å²) in [5, 5.41) is 0. The van der Waals surface area contributed by atoms with E-state index in [0.29, 0.717) is 6.54 Å². The lowest BCUT2D eigenvalue weighted by Gasteiger charge is -2.20. The summed E-state index contributed by atoms with van der Waals surface area (Å²) in [7, 11) is 1.66. The maximum atomic E-state index is 13.3. The average Bonchev–Trinajstić information content (AvgIpc) is 3.27. The normalized spacial score (nSPS) is 14.8. The summed E-state index contributed by atoms with van der Waals surface area (Å²) in [5.74, 6) is 1.73. The molecule has 2 heterocycles. The Hall–Kier alpha value is -3.60. The highest BCUT2D eigenvalue weighted by Crippen LogP contribution is 2.44. The summed E-state index contributed by atoms with van der Waals surface area (Å²) in [6.07, 6.45) is 0. The number of amides is 1. The van der Waals surface area contributed by atoms with Crippen molar-refractivity contribution in [2.45, 2.75) is 32.7 Å². The zero-order valence-corrected chi connectivity index (χ0v) is 18.2. The quantitative estimate of drug-likeness (QED) is 0.491. The van der Waals surface area contributed by atoms with Crippen molar-refractivity contribution in [1.29, 1.82) is 0 Å². The van der Waals surface area contributed by atoms with E-state index in [-0.39, 0.29) is 5.91 Å². The molecule has 0 bridgehead atoms. The number of aromatic amines is 1. The zero-order valence-electron chi connectivity index (χ0n) is 18.2. The van der Waals surface area contributed by atoms with Crippen LogP contribution in [0.15, 0.2) is 60.7 Å². The van der Waals surface area contributed by atoms with Crippen LogP contribution >= 0.6 is 0 Å². The lowest BCUT2D eigenvalue weighted by atomic mass is 9.86. The van der Waals surface area contributed by atoms with E-state index in [0.717, 1.165) is 45.0 Å². The van der Waals surface area contributed by atoms with Crippen molar-refractivity contribution in [3.05, 3.63) is 77.4 Å². The van der Waals surface area contributed by atoms with Gasteiger partial charge in [-0.1, -0.05) is 29.8 Å². The van der Waals surface area contributed by atoms with Gasteiger partial charge in [0, 0.05) is 5.56 Å². The highest BCUT2D eigenvalue weighted by atomic mass is 16.5. The maximum absolute atomic E-state index is 13.3. The fourth-order valence-electron chi connectivity index (χ4n) is 4.25. The molecule has 1 amide bonds. The number of H-pyrrole nitrogens is 1. The number of nitrogens with zero attached hydrogens (tertiary/aromatic N) is 2. The Labute approximate surface area is 181 Å². The second kappa shape index (κ2) is 6.98. The number of anilines is 1. The van der Waals surface area contributed by atoms with E-state index in [2.05, 4.69) is 42.2 Å². The molecule has 1 aromatic heterocycles. The molecule has 0 saturated carbocycles. The van der Waals surface area contributed by atoms with Gasteiger partial charge in [0.05, 0.1) is 35.8 Å². The fourth-order valence-corrected chi connectivity index (χ4v) is 4.25. The summed E-state index contributed by atoms with van der Waals surface area (Å²) in [5.41, 5.74) is 6.48. The van der Waals surface area contributed by atoms with Gasteiger partial charge in [0.2, 0.25) is 5.91 Å². The van der Waals surface area contributed by atoms with E-state index in [1.165, 1.54) is 5.56 Å². The molecule has 5 heteroatoms. The molecule has 0 aliphatic carbocycles. The van der Waals surface area contributed by atoms with Gasteiger partial charge >= 0.3 is 0 Å². The van der Waals surface area contributed by atoms with Crippen molar-refractivity contribution in [2.75, 3.05) is 12.0 Å². The third-order valence-corrected chi connectivity index (χ3v) is 6.17. The first-order chi connectivity index (χ1) is 14.9. The molecule has 3 aromatic carbocycles. The summed E-state index contributed by atoms with van der Waals surface area (Å²) >= 11 is 0. The summed E-state index contributed by atoms with van der Waals surface area (Å²) in [6, 6.07) is 20.3. The molecule has 0 spiro atoms. The molecule has 4 aromatic rings. The van der Waals surface area contributed by atoms with E-state index in [1.807, 2.05) is 49.1 Å². The van der Waals surface area contributed by atoms with Crippen molar-refractivity contribution in [2.24, 2.45) is 0 Å². The first kappa shape index (κ1) is 19.4. The number of nitrogens with one attached hydrogen (secondary N) is 1. The topological polar surface area (TPSA) is 58.2 Å². The largest absolute Gasteiger partial charge is 0.497 e. The van der Waals surface area contributed by atoms with Crippen molar-refractivity contribution in [3.8, 4) is 17.1 Å². The van der Waals surface area contributed by atoms with E-state index in [4.69, 9.17) is 9.72 Å². The van der Waals surface area contributed by atoms with Gasteiger partial charge in [-0.05, 0) is 68.3 Å². The minimum atomic E-state index is -0.584. The van der Waals surface area contributed by atoms with Gasteiger partial charge in [-0.3, -0.25) is 4.79 Å². The molecule has 1 aliphatic rings. The number of carbonyl (C=O) groups is 1. The van der Waals surface area contributed by atoms with Crippen molar-refractivity contribution < 1.29 is 9.53 Å². The van der Waals surface area contributed by atoms with E-state index < -0.39 is 5.41 Å². The standard InChI is InChI=1S/C26H25N3O2/c1-16-5-7-17(8-6-16)15-29-23-14-22-21(13-20(23)26(2,3)25(29)30)27-24(28-22)18-9-11-19(31-4)12-10-18/h5-14H,15H2,1-4H3,(H,27,28). The van der Waals surface area contributed by atoms with Crippen LogP contribution in [-0.2, 0) is 16.8 Å². The number of hydrogen-bond acceptors (Lipinski definition) is 3. The Morgan fingerprint density at radius 3 is 2.42 bits per heavy atom. The minimum absolute atomic E-state index is 0.117. The Kier molecular flexibility index (Phi) is 4.36. The Morgan fingerprint density at radius 1 is 1.03 bits per heavy atom. The molecular formula is C26H25N3O2. The monoisotopic (exact) mass is 411 g/mol. The molecule has 0 unspecified atom stereocenters. The summed E-state index contributed by atoms with van der Waals surface area (Å²) in [4.78, 5) is 23.4. The number of fused-ring (bicyclic) bond motifs is 2. The number of rotatable bonds is 4. The molecule has 5 rings (SSSR count). The van der Waals surface area contributed by atoms with Crippen LogP contribution in [0.25, 0.3) is 22.4 Å². The average molecular weight is 412 g/mol. The highest BCUT2D eigenvalue weighted by Gasteiger charge is 2.44. The number of aryl methyl sites for hydroxylation is 1. The lowest BCUT2D eigenvalue weighted by molar-refractivity contribution is -0.122. The van der Waals surface area contributed by atoms with Crippen LogP contribution < -0.4 is 9.64 Å². The van der Waals surface area contributed by atoms with Crippen molar-refractivity contribution >= 4 is 22.6 Å². The Bertz CT molecular complexity index is 1280. The molecule has 156 valence electrons. The number of benzene rings is 3. The van der Waals surface area contributed by atoms with Crippen LogP contribution in [0.2, 0.25) is 0 Å². The van der Waals surface area contributed by atoms with Crippen molar-refractivity contribution in [3.63, 3.8) is 0 Å². The highest BCUT2D eigenvalue weighted by molar-refractivity contribution is 6.09. The van der Waals surface area contributed by atoms with Gasteiger partial charge in [-0.15, -0.1) is 0 Å². The summed E-state index contributed by atoms with van der Waals surface area (Å²) < 4.78 is 5.25. The molecule has 0 radical (unpaired) electrons. The van der Waals surface area contributed by atoms with Gasteiger partial charge < -0.3 is 14.6 Å². The molecule has 0 atom stereocenters. The Balaban J connectivity index is 1.57. The van der Waals surface area contributed by atoms with Crippen molar-refractivity contribution in [1.82, 2.24) is 9.97 Å². The number of carbonyl (C=O) groups excluding carboxylic acids is 1. The van der Waals surface area contributed by atoms with Gasteiger partial charge in [-0.25, -0.2) is 4.98 Å². The number of imidazole rings is 1. The third kappa shape index (κ3) is 3.17. The van der Waals surface area contributed by atoms with Gasteiger partial charge in [0.1, 0.15) is 11.6 Å². The smallest absolute Gasteiger partial charge is 0.237 e. The second-order valence-electron chi connectivity index (χ2n) is 8.70. The lowest BCUT2D eigenvalue weighted by Crippen LogP contribution is -2.35. The van der Waals surface area contributed by atoms with Crippen LogP contribution in [-0.4, -0.2) is 23.0 Å². The minimum Gasteiger partial charge on any atom is -0.497 e.